The lowest BCUT2D eigenvalue weighted by atomic mass is 9.84. The number of aryl methyl sites for hydroxylation is 2. The fourth-order valence-corrected chi connectivity index (χ4v) is 3.71. The Morgan fingerprint density at radius 2 is 2.18 bits per heavy atom. The van der Waals surface area contributed by atoms with Crippen LogP contribution in [0.2, 0.25) is 0 Å². The number of fused-ring (bicyclic) bond motifs is 1. The number of hydrogen-bond acceptors (Lipinski definition) is 4. The normalized spacial score (nSPS) is 23.8. The van der Waals surface area contributed by atoms with Gasteiger partial charge in [0.1, 0.15) is 11.6 Å². The van der Waals surface area contributed by atoms with Gasteiger partial charge in [-0.15, -0.1) is 0 Å². The molecule has 122 valence electrons. The highest BCUT2D eigenvalue weighted by atomic mass is 16.1. The third kappa shape index (κ3) is 3.66. The van der Waals surface area contributed by atoms with E-state index in [1.165, 1.54) is 12.8 Å². The molecule has 3 rings (SSSR count). The van der Waals surface area contributed by atoms with Crippen molar-refractivity contribution in [2.75, 3.05) is 13.1 Å². The third-order valence-corrected chi connectivity index (χ3v) is 5.02. The van der Waals surface area contributed by atoms with Crippen molar-refractivity contribution in [2.24, 2.45) is 11.8 Å². The lowest BCUT2D eigenvalue weighted by Crippen LogP contribution is -2.42. The Morgan fingerprint density at radius 1 is 1.41 bits per heavy atom. The van der Waals surface area contributed by atoms with Gasteiger partial charge in [0.25, 0.3) is 0 Å². The quantitative estimate of drug-likeness (QED) is 0.872. The molecule has 2 aliphatic heterocycles. The van der Waals surface area contributed by atoms with Crippen LogP contribution >= 0.6 is 0 Å². The molecule has 1 aromatic rings. The minimum Gasteiger partial charge on any atom is -0.351 e. The van der Waals surface area contributed by atoms with Gasteiger partial charge in [-0.3, -0.25) is 4.79 Å². The standard InChI is InChI=1S/C16H27N5O/c1-11(13-5-7-17-8-6-13)9-16(22)19-14-3-4-15-18-12(2)20-21(15)10-14/h11,13-14,17H,3-10H2,1-2H3,(H,19,22). The molecule has 6 heteroatoms. The molecule has 1 amide bonds. The van der Waals surface area contributed by atoms with Gasteiger partial charge in [-0.25, -0.2) is 9.67 Å². The van der Waals surface area contributed by atoms with Crippen LogP contribution in [-0.2, 0) is 17.8 Å². The number of aromatic nitrogens is 3. The summed E-state index contributed by atoms with van der Waals surface area (Å²) in [7, 11) is 0. The van der Waals surface area contributed by atoms with Crippen LogP contribution in [0.15, 0.2) is 0 Å². The Morgan fingerprint density at radius 3 is 2.95 bits per heavy atom. The minimum absolute atomic E-state index is 0.191. The number of amides is 1. The molecule has 1 saturated heterocycles. The van der Waals surface area contributed by atoms with Crippen molar-refractivity contribution in [3.8, 4) is 0 Å². The van der Waals surface area contributed by atoms with E-state index in [9.17, 15) is 4.79 Å². The molecule has 0 spiro atoms. The van der Waals surface area contributed by atoms with Crippen molar-refractivity contribution in [1.29, 1.82) is 0 Å². The molecule has 6 nitrogen and oxygen atoms in total. The van der Waals surface area contributed by atoms with Gasteiger partial charge < -0.3 is 10.6 Å². The largest absolute Gasteiger partial charge is 0.351 e. The Labute approximate surface area is 132 Å². The van der Waals surface area contributed by atoms with Crippen molar-refractivity contribution in [2.45, 2.75) is 58.5 Å². The molecular formula is C16H27N5O. The second-order valence-corrected chi connectivity index (χ2v) is 6.83. The van der Waals surface area contributed by atoms with E-state index in [0.717, 1.165) is 44.1 Å². The molecule has 1 aromatic heterocycles. The predicted octanol–water partition coefficient (Wildman–Crippen LogP) is 1.04. The van der Waals surface area contributed by atoms with E-state index < -0.39 is 0 Å². The summed E-state index contributed by atoms with van der Waals surface area (Å²) in [5.41, 5.74) is 0. The predicted molar refractivity (Wildman–Crippen MR) is 84.4 cm³/mol. The number of rotatable bonds is 4. The van der Waals surface area contributed by atoms with Crippen LogP contribution in [-0.4, -0.2) is 39.8 Å². The van der Waals surface area contributed by atoms with Gasteiger partial charge in [0, 0.05) is 18.9 Å². The van der Waals surface area contributed by atoms with E-state index >= 15 is 0 Å². The fourth-order valence-electron chi connectivity index (χ4n) is 3.71. The summed E-state index contributed by atoms with van der Waals surface area (Å²) < 4.78 is 1.94. The molecule has 2 N–H and O–H groups in total. The minimum atomic E-state index is 0.191. The molecule has 2 atom stereocenters. The van der Waals surface area contributed by atoms with Gasteiger partial charge in [-0.2, -0.15) is 5.10 Å². The summed E-state index contributed by atoms with van der Waals surface area (Å²) in [4.78, 5) is 16.7. The molecule has 2 unspecified atom stereocenters. The van der Waals surface area contributed by atoms with Crippen molar-refractivity contribution < 1.29 is 4.79 Å². The van der Waals surface area contributed by atoms with E-state index in [1.54, 1.807) is 0 Å². The maximum atomic E-state index is 12.3. The van der Waals surface area contributed by atoms with E-state index in [4.69, 9.17) is 0 Å². The first-order chi connectivity index (χ1) is 10.6. The van der Waals surface area contributed by atoms with Crippen LogP contribution in [0.5, 0.6) is 0 Å². The zero-order chi connectivity index (χ0) is 15.5. The first-order valence-corrected chi connectivity index (χ1v) is 8.52. The van der Waals surface area contributed by atoms with Gasteiger partial charge >= 0.3 is 0 Å². The molecule has 22 heavy (non-hydrogen) atoms. The van der Waals surface area contributed by atoms with Crippen molar-refractivity contribution in [3.05, 3.63) is 11.6 Å². The molecule has 1 fully saturated rings. The van der Waals surface area contributed by atoms with Gasteiger partial charge in [-0.05, 0) is 51.1 Å². The molecule has 0 saturated carbocycles. The number of piperidine rings is 1. The van der Waals surface area contributed by atoms with Crippen LogP contribution in [0.1, 0.15) is 44.3 Å². The molecule has 3 heterocycles. The molecule has 0 aliphatic carbocycles. The topological polar surface area (TPSA) is 71.8 Å². The van der Waals surface area contributed by atoms with Crippen LogP contribution in [0, 0.1) is 18.8 Å². The summed E-state index contributed by atoms with van der Waals surface area (Å²) in [5.74, 6) is 3.21. The van der Waals surface area contributed by atoms with Crippen LogP contribution in [0.25, 0.3) is 0 Å². The summed E-state index contributed by atoms with van der Waals surface area (Å²) in [6.45, 7) is 7.07. The molecular weight excluding hydrogens is 278 g/mol. The highest BCUT2D eigenvalue weighted by Gasteiger charge is 2.25. The maximum absolute atomic E-state index is 12.3. The summed E-state index contributed by atoms with van der Waals surface area (Å²) in [6, 6.07) is 0.196. The van der Waals surface area contributed by atoms with Crippen LogP contribution < -0.4 is 10.6 Å². The number of nitrogens with zero attached hydrogens (tertiary/aromatic N) is 3. The van der Waals surface area contributed by atoms with E-state index in [1.807, 2.05) is 11.6 Å². The lowest BCUT2D eigenvalue weighted by molar-refractivity contribution is -0.123. The Kier molecular flexibility index (Phi) is 4.76. The average molecular weight is 305 g/mol. The fraction of sp³-hybridized carbons (Fsp3) is 0.812. The summed E-state index contributed by atoms with van der Waals surface area (Å²) in [6.07, 6.45) is 4.89. The van der Waals surface area contributed by atoms with E-state index in [-0.39, 0.29) is 11.9 Å². The highest BCUT2D eigenvalue weighted by Crippen LogP contribution is 2.24. The number of carbonyl (C=O) groups is 1. The third-order valence-electron chi connectivity index (χ3n) is 5.02. The first-order valence-electron chi connectivity index (χ1n) is 8.52. The second-order valence-electron chi connectivity index (χ2n) is 6.83. The number of hydrogen-bond donors (Lipinski definition) is 2. The van der Waals surface area contributed by atoms with Crippen molar-refractivity contribution in [3.63, 3.8) is 0 Å². The average Bonchev–Trinajstić information content (AvgIpc) is 2.87. The lowest BCUT2D eigenvalue weighted by Gasteiger charge is -2.29. The van der Waals surface area contributed by atoms with Crippen molar-refractivity contribution >= 4 is 5.91 Å². The van der Waals surface area contributed by atoms with Crippen LogP contribution in [0.3, 0.4) is 0 Å². The SMILES string of the molecule is Cc1nc2n(n1)CC(NC(=O)CC(C)C1CCNCC1)CC2. The monoisotopic (exact) mass is 305 g/mol. The van der Waals surface area contributed by atoms with Crippen molar-refractivity contribution in [1.82, 2.24) is 25.4 Å². The van der Waals surface area contributed by atoms with Gasteiger partial charge in [-0.1, -0.05) is 6.92 Å². The zero-order valence-electron chi connectivity index (χ0n) is 13.6. The van der Waals surface area contributed by atoms with E-state index in [2.05, 4.69) is 27.6 Å². The number of carbonyl (C=O) groups excluding carboxylic acids is 1. The highest BCUT2D eigenvalue weighted by molar-refractivity contribution is 5.76. The van der Waals surface area contributed by atoms with Gasteiger partial charge in [0.05, 0.1) is 6.54 Å². The smallest absolute Gasteiger partial charge is 0.220 e. The first kappa shape index (κ1) is 15.5. The van der Waals surface area contributed by atoms with Crippen LogP contribution in [0.4, 0.5) is 0 Å². The maximum Gasteiger partial charge on any atom is 0.220 e. The second kappa shape index (κ2) is 6.77. The van der Waals surface area contributed by atoms with E-state index in [0.29, 0.717) is 18.3 Å². The molecule has 0 bridgehead atoms. The molecule has 0 radical (unpaired) electrons. The van der Waals surface area contributed by atoms with Gasteiger partial charge in [0.2, 0.25) is 5.91 Å². The Bertz CT molecular complexity index is 521. The number of nitrogens with one attached hydrogen (secondary N) is 2. The Balaban J connectivity index is 1.48. The Hall–Kier alpha value is -1.43. The molecule has 2 aliphatic rings. The zero-order valence-corrected chi connectivity index (χ0v) is 13.6. The summed E-state index contributed by atoms with van der Waals surface area (Å²) >= 11 is 0. The summed E-state index contributed by atoms with van der Waals surface area (Å²) in [5, 5.41) is 11.0. The van der Waals surface area contributed by atoms with Gasteiger partial charge in [0.15, 0.2) is 0 Å². The molecule has 0 aromatic carbocycles.